The standard InChI is InChI=1S/C11H13N7O/c1-7-5-9(17(2)16-7)19-11-10-13-3-4-18(10)6-8(14-11)15-12/h3-6,15H,12H2,1-2H3. The van der Waals surface area contributed by atoms with Gasteiger partial charge >= 0.3 is 0 Å². The molecule has 0 amide bonds. The summed E-state index contributed by atoms with van der Waals surface area (Å²) in [7, 11) is 1.80. The van der Waals surface area contributed by atoms with Crippen molar-refractivity contribution in [1.82, 2.24) is 24.1 Å². The molecule has 0 spiro atoms. The van der Waals surface area contributed by atoms with Crippen molar-refractivity contribution in [2.45, 2.75) is 6.92 Å². The number of hydrogen-bond donors (Lipinski definition) is 2. The van der Waals surface area contributed by atoms with E-state index in [1.165, 1.54) is 0 Å². The Labute approximate surface area is 108 Å². The minimum absolute atomic E-state index is 0.364. The highest BCUT2D eigenvalue weighted by atomic mass is 16.5. The second kappa shape index (κ2) is 4.25. The third-order valence-corrected chi connectivity index (χ3v) is 2.65. The Morgan fingerprint density at radius 3 is 2.95 bits per heavy atom. The van der Waals surface area contributed by atoms with Crippen molar-refractivity contribution < 1.29 is 4.74 Å². The zero-order valence-corrected chi connectivity index (χ0v) is 10.5. The van der Waals surface area contributed by atoms with E-state index in [4.69, 9.17) is 10.6 Å². The average molecular weight is 259 g/mol. The van der Waals surface area contributed by atoms with Crippen LogP contribution in [-0.2, 0) is 7.05 Å². The summed E-state index contributed by atoms with van der Waals surface area (Å²) < 4.78 is 9.17. The highest BCUT2D eigenvalue weighted by Crippen LogP contribution is 2.24. The molecule has 0 aliphatic rings. The zero-order valence-electron chi connectivity index (χ0n) is 10.5. The van der Waals surface area contributed by atoms with Gasteiger partial charge in [-0.15, -0.1) is 0 Å². The van der Waals surface area contributed by atoms with E-state index in [9.17, 15) is 0 Å². The van der Waals surface area contributed by atoms with E-state index in [0.29, 0.717) is 23.2 Å². The zero-order chi connectivity index (χ0) is 13.4. The molecule has 0 bridgehead atoms. The highest BCUT2D eigenvalue weighted by molar-refractivity contribution is 5.54. The van der Waals surface area contributed by atoms with E-state index in [2.05, 4.69) is 20.5 Å². The molecular formula is C11H13N7O. The van der Waals surface area contributed by atoms with E-state index in [0.717, 1.165) is 5.69 Å². The fraction of sp³-hybridized carbons (Fsp3) is 0.182. The number of anilines is 1. The first kappa shape index (κ1) is 11.5. The number of aryl methyl sites for hydroxylation is 2. The average Bonchev–Trinajstić information content (AvgIpc) is 2.96. The topological polar surface area (TPSA) is 95.3 Å². The van der Waals surface area contributed by atoms with Crippen molar-refractivity contribution in [3.8, 4) is 11.8 Å². The molecule has 0 radical (unpaired) electrons. The summed E-state index contributed by atoms with van der Waals surface area (Å²) in [5.74, 6) is 6.82. The molecule has 8 heteroatoms. The molecule has 3 rings (SSSR count). The quantitative estimate of drug-likeness (QED) is 0.535. The SMILES string of the molecule is Cc1cc(Oc2nc(NN)cn3ccnc23)n(C)n1. The maximum atomic E-state index is 5.75. The van der Waals surface area contributed by atoms with Crippen LogP contribution in [0.25, 0.3) is 5.65 Å². The summed E-state index contributed by atoms with van der Waals surface area (Å²) in [5.41, 5.74) is 3.97. The normalized spacial score (nSPS) is 10.9. The monoisotopic (exact) mass is 259 g/mol. The molecule has 0 atom stereocenters. The second-order valence-electron chi connectivity index (χ2n) is 4.08. The summed E-state index contributed by atoms with van der Waals surface area (Å²) in [6.07, 6.45) is 5.18. The van der Waals surface area contributed by atoms with E-state index in [1.807, 2.05) is 13.0 Å². The molecule has 0 saturated heterocycles. The van der Waals surface area contributed by atoms with E-state index >= 15 is 0 Å². The maximum absolute atomic E-state index is 5.75. The highest BCUT2D eigenvalue weighted by Gasteiger charge is 2.12. The van der Waals surface area contributed by atoms with Gasteiger partial charge in [0.05, 0.1) is 11.9 Å². The summed E-state index contributed by atoms with van der Waals surface area (Å²) in [5, 5.41) is 4.21. The lowest BCUT2D eigenvalue weighted by Gasteiger charge is -2.07. The van der Waals surface area contributed by atoms with Crippen molar-refractivity contribution in [2.24, 2.45) is 12.9 Å². The van der Waals surface area contributed by atoms with Gasteiger partial charge in [-0.25, -0.2) is 15.5 Å². The van der Waals surface area contributed by atoms with Crippen LogP contribution >= 0.6 is 0 Å². The molecule has 0 saturated carbocycles. The fourth-order valence-electron chi connectivity index (χ4n) is 1.82. The predicted octanol–water partition coefficient (Wildman–Crippen LogP) is 0.849. The van der Waals surface area contributed by atoms with Gasteiger partial charge in [0, 0.05) is 25.5 Å². The Hall–Kier alpha value is -2.61. The Morgan fingerprint density at radius 1 is 1.42 bits per heavy atom. The molecule has 19 heavy (non-hydrogen) atoms. The molecule has 3 aromatic rings. The van der Waals surface area contributed by atoms with Crippen LogP contribution in [-0.4, -0.2) is 24.1 Å². The van der Waals surface area contributed by atoms with E-state index in [1.54, 1.807) is 34.7 Å². The number of nitrogens with two attached hydrogens (primary N) is 1. The first-order valence-corrected chi connectivity index (χ1v) is 5.66. The lowest BCUT2D eigenvalue weighted by atomic mass is 10.5. The number of hydrazine groups is 1. The Morgan fingerprint density at radius 2 is 2.26 bits per heavy atom. The Balaban J connectivity index is 2.08. The van der Waals surface area contributed by atoms with Gasteiger partial charge in [0.25, 0.3) is 5.88 Å². The minimum atomic E-state index is 0.364. The maximum Gasteiger partial charge on any atom is 0.267 e. The molecule has 0 fully saturated rings. The van der Waals surface area contributed by atoms with Gasteiger partial charge in [0.2, 0.25) is 11.5 Å². The van der Waals surface area contributed by atoms with Crippen LogP contribution in [0.4, 0.5) is 5.82 Å². The third-order valence-electron chi connectivity index (χ3n) is 2.65. The summed E-state index contributed by atoms with van der Waals surface area (Å²) >= 11 is 0. The largest absolute Gasteiger partial charge is 0.417 e. The molecule has 0 aliphatic heterocycles. The van der Waals surface area contributed by atoms with Crippen molar-refractivity contribution in [3.63, 3.8) is 0 Å². The van der Waals surface area contributed by atoms with Crippen LogP contribution in [0.3, 0.4) is 0 Å². The van der Waals surface area contributed by atoms with Crippen LogP contribution in [0.5, 0.6) is 11.8 Å². The number of imidazole rings is 1. The Bertz CT molecular complexity index is 730. The molecule has 3 heterocycles. The predicted molar refractivity (Wildman–Crippen MR) is 68.8 cm³/mol. The number of ether oxygens (including phenoxy) is 1. The van der Waals surface area contributed by atoms with Gasteiger partial charge in [0.1, 0.15) is 0 Å². The number of nitrogen functional groups attached to an aromatic ring is 1. The molecule has 0 aliphatic carbocycles. The van der Waals surface area contributed by atoms with Gasteiger partial charge in [-0.1, -0.05) is 0 Å². The lowest BCUT2D eigenvalue weighted by molar-refractivity contribution is 0.418. The van der Waals surface area contributed by atoms with Gasteiger partial charge in [-0.2, -0.15) is 10.1 Å². The van der Waals surface area contributed by atoms with Crippen molar-refractivity contribution in [1.29, 1.82) is 0 Å². The van der Waals surface area contributed by atoms with E-state index < -0.39 is 0 Å². The molecular weight excluding hydrogens is 246 g/mol. The van der Waals surface area contributed by atoms with Crippen molar-refractivity contribution in [2.75, 3.05) is 5.43 Å². The first-order valence-electron chi connectivity index (χ1n) is 5.66. The third kappa shape index (κ3) is 1.97. The summed E-state index contributed by atoms with van der Waals surface area (Å²) in [4.78, 5) is 8.46. The van der Waals surface area contributed by atoms with Crippen LogP contribution in [0.1, 0.15) is 5.69 Å². The fourth-order valence-corrected chi connectivity index (χ4v) is 1.82. The van der Waals surface area contributed by atoms with E-state index in [-0.39, 0.29) is 0 Å². The molecule has 3 N–H and O–H groups in total. The molecule has 8 nitrogen and oxygen atoms in total. The van der Waals surface area contributed by atoms with Gasteiger partial charge < -0.3 is 10.2 Å². The molecule has 98 valence electrons. The van der Waals surface area contributed by atoms with Gasteiger partial charge in [-0.05, 0) is 6.92 Å². The number of hydrogen-bond acceptors (Lipinski definition) is 6. The second-order valence-corrected chi connectivity index (χ2v) is 4.08. The van der Waals surface area contributed by atoms with Crippen LogP contribution in [0.2, 0.25) is 0 Å². The van der Waals surface area contributed by atoms with Crippen molar-refractivity contribution in [3.05, 3.63) is 30.4 Å². The summed E-state index contributed by atoms with van der Waals surface area (Å²) in [6, 6.07) is 1.82. The number of fused-ring (bicyclic) bond motifs is 1. The lowest BCUT2D eigenvalue weighted by Crippen LogP contribution is -2.10. The van der Waals surface area contributed by atoms with Crippen LogP contribution in [0.15, 0.2) is 24.7 Å². The minimum Gasteiger partial charge on any atom is -0.417 e. The number of rotatable bonds is 3. The summed E-state index contributed by atoms with van der Waals surface area (Å²) in [6.45, 7) is 1.89. The van der Waals surface area contributed by atoms with Crippen LogP contribution in [0, 0.1) is 6.92 Å². The Kier molecular flexibility index (Phi) is 2.57. The van der Waals surface area contributed by atoms with Crippen LogP contribution < -0.4 is 16.0 Å². The number of nitrogens with one attached hydrogen (secondary N) is 1. The molecule has 0 aromatic carbocycles. The molecule has 0 unspecified atom stereocenters. The number of aromatic nitrogens is 5. The van der Waals surface area contributed by atoms with Crippen molar-refractivity contribution >= 4 is 11.5 Å². The van der Waals surface area contributed by atoms with Gasteiger partial charge in [-0.3, -0.25) is 4.40 Å². The van der Waals surface area contributed by atoms with Gasteiger partial charge in [0.15, 0.2) is 5.82 Å². The number of nitrogens with zero attached hydrogens (tertiary/aromatic N) is 5. The smallest absolute Gasteiger partial charge is 0.267 e. The molecule has 3 aromatic heterocycles. The first-order chi connectivity index (χ1) is 9.17.